The van der Waals surface area contributed by atoms with Gasteiger partial charge >= 0.3 is 11.9 Å². The maximum atomic E-state index is 12.0. The zero-order valence-electron chi connectivity index (χ0n) is 15.1. The third-order valence-corrected chi connectivity index (χ3v) is 4.57. The number of benzene rings is 3. The molecule has 0 aromatic heterocycles. The van der Waals surface area contributed by atoms with Crippen LogP contribution in [0.4, 0.5) is 0 Å². The van der Waals surface area contributed by atoms with Crippen LogP contribution in [0.3, 0.4) is 0 Å². The highest BCUT2D eigenvalue weighted by Gasteiger charge is 2.25. The zero-order valence-corrected chi connectivity index (χ0v) is 15.1. The standard InChI is InChI=1S/C24H18O4/c1-3-15-9-5-7-11-17(15)21-19(23(25)26)13-14-20(24(27)28)22(21)18-12-8-6-10-16(18)4-2/h3-14H,1-2H2,(H,25,26)(H,27,28). The lowest BCUT2D eigenvalue weighted by Gasteiger charge is -2.19. The fraction of sp³-hybridized carbons (Fsp3) is 0. The minimum atomic E-state index is -1.14. The van der Waals surface area contributed by atoms with Gasteiger partial charge < -0.3 is 10.2 Å². The molecule has 0 radical (unpaired) electrons. The Balaban J connectivity index is 2.57. The normalized spacial score (nSPS) is 10.3. The summed E-state index contributed by atoms with van der Waals surface area (Å²) in [5.74, 6) is -2.27. The lowest BCUT2D eigenvalue weighted by atomic mass is 9.83. The second kappa shape index (κ2) is 7.76. The van der Waals surface area contributed by atoms with Crippen molar-refractivity contribution in [3.63, 3.8) is 0 Å². The summed E-state index contributed by atoms with van der Waals surface area (Å²) in [5, 5.41) is 19.6. The highest BCUT2D eigenvalue weighted by atomic mass is 16.4. The van der Waals surface area contributed by atoms with Gasteiger partial charge in [0.25, 0.3) is 0 Å². The number of aromatic carboxylic acids is 2. The van der Waals surface area contributed by atoms with Gasteiger partial charge in [0.2, 0.25) is 0 Å². The Morgan fingerprint density at radius 3 is 1.32 bits per heavy atom. The van der Waals surface area contributed by atoms with Crippen LogP contribution in [-0.4, -0.2) is 22.2 Å². The summed E-state index contributed by atoms with van der Waals surface area (Å²) in [4.78, 5) is 24.0. The molecule has 0 fully saturated rings. The molecular formula is C24H18O4. The van der Waals surface area contributed by atoms with Gasteiger partial charge in [-0.25, -0.2) is 9.59 Å². The molecule has 0 aliphatic heterocycles. The van der Waals surface area contributed by atoms with Gasteiger partial charge in [-0.1, -0.05) is 73.8 Å². The molecule has 0 amide bonds. The van der Waals surface area contributed by atoms with E-state index in [9.17, 15) is 19.8 Å². The number of carboxylic acids is 2. The van der Waals surface area contributed by atoms with Crippen molar-refractivity contribution in [1.29, 1.82) is 0 Å². The number of rotatable bonds is 6. The molecule has 0 unspecified atom stereocenters. The van der Waals surface area contributed by atoms with Crippen molar-refractivity contribution < 1.29 is 19.8 Å². The monoisotopic (exact) mass is 370 g/mol. The molecule has 0 aliphatic rings. The molecule has 0 atom stereocenters. The van der Waals surface area contributed by atoms with Crippen LogP contribution in [-0.2, 0) is 0 Å². The molecule has 0 saturated carbocycles. The maximum absolute atomic E-state index is 12.0. The zero-order chi connectivity index (χ0) is 20.3. The number of carboxylic acid groups (broad SMARTS) is 2. The Morgan fingerprint density at radius 2 is 1.00 bits per heavy atom. The number of carbonyl (C=O) groups is 2. The largest absolute Gasteiger partial charge is 0.478 e. The molecule has 138 valence electrons. The molecule has 28 heavy (non-hydrogen) atoms. The van der Waals surface area contributed by atoms with E-state index in [1.54, 1.807) is 36.4 Å². The average molecular weight is 370 g/mol. The van der Waals surface area contributed by atoms with Crippen molar-refractivity contribution in [2.24, 2.45) is 0 Å². The second-order valence-electron chi connectivity index (χ2n) is 6.10. The van der Waals surface area contributed by atoms with E-state index in [1.165, 1.54) is 12.1 Å². The fourth-order valence-corrected chi connectivity index (χ4v) is 3.32. The number of hydrogen-bond donors (Lipinski definition) is 2. The molecule has 4 heteroatoms. The lowest BCUT2D eigenvalue weighted by molar-refractivity contribution is 0.0682. The Labute approximate surface area is 162 Å². The summed E-state index contributed by atoms with van der Waals surface area (Å²) in [6, 6.07) is 17.0. The van der Waals surface area contributed by atoms with E-state index in [2.05, 4.69) is 13.2 Å². The smallest absolute Gasteiger partial charge is 0.336 e. The third-order valence-electron chi connectivity index (χ3n) is 4.57. The average Bonchev–Trinajstić information content (AvgIpc) is 2.72. The summed E-state index contributed by atoms with van der Waals surface area (Å²) >= 11 is 0. The Kier molecular flexibility index (Phi) is 5.23. The van der Waals surface area contributed by atoms with Gasteiger partial charge in [0.05, 0.1) is 11.1 Å². The van der Waals surface area contributed by atoms with Gasteiger partial charge in [-0.05, 0) is 34.4 Å². The van der Waals surface area contributed by atoms with Gasteiger partial charge in [-0.15, -0.1) is 0 Å². The van der Waals surface area contributed by atoms with E-state index >= 15 is 0 Å². The first-order chi connectivity index (χ1) is 13.5. The van der Waals surface area contributed by atoms with Crippen LogP contribution in [0, 0.1) is 0 Å². The SMILES string of the molecule is C=Cc1ccccc1-c1c(C(=O)O)ccc(C(=O)O)c1-c1ccccc1C=C. The first-order valence-electron chi connectivity index (χ1n) is 8.56. The minimum absolute atomic E-state index is 0.0214. The van der Waals surface area contributed by atoms with Gasteiger partial charge in [-0.2, -0.15) is 0 Å². The van der Waals surface area contributed by atoms with Crippen molar-refractivity contribution in [2.75, 3.05) is 0 Å². The highest BCUT2D eigenvalue weighted by Crippen LogP contribution is 2.41. The summed E-state index contributed by atoms with van der Waals surface area (Å²) in [6.45, 7) is 7.61. The molecule has 0 saturated heterocycles. The predicted molar refractivity (Wildman–Crippen MR) is 111 cm³/mol. The first kappa shape index (κ1) is 18.9. The van der Waals surface area contributed by atoms with Crippen LogP contribution in [0.15, 0.2) is 73.8 Å². The molecule has 3 rings (SSSR count). The second-order valence-corrected chi connectivity index (χ2v) is 6.10. The van der Waals surface area contributed by atoms with Crippen LogP contribution in [0.5, 0.6) is 0 Å². The van der Waals surface area contributed by atoms with Gasteiger partial charge in [-0.3, -0.25) is 0 Å². The maximum Gasteiger partial charge on any atom is 0.336 e. The van der Waals surface area contributed by atoms with E-state index in [0.717, 1.165) is 0 Å². The fourth-order valence-electron chi connectivity index (χ4n) is 3.32. The van der Waals surface area contributed by atoms with E-state index in [-0.39, 0.29) is 11.1 Å². The molecule has 0 spiro atoms. The van der Waals surface area contributed by atoms with E-state index in [1.807, 2.05) is 24.3 Å². The summed E-state index contributed by atoms with van der Waals surface area (Å²) in [7, 11) is 0. The van der Waals surface area contributed by atoms with Crippen LogP contribution in [0.25, 0.3) is 34.4 Å². The van der Waals surface area contributed by atoms with Crippen LogP contribution in [0.2, 0.25) is 0 Å². The van der Waals surface area contributed by atoms with Gasteiger partial charge in [0.1, 0.15) is 0 Å². The van der Waals surface area contributed by atoms with E-state index < -0.39 is 11.9 Å². The van der Waals surface area contributed by atoms with Crippen LogP contribution < -0.4 is 0 Å². The van der Waals surface area contributed by atoms with Crippen LogP contribution in [0.1, 0.15) is 31.8 Å². The summed E-state index contributed by atoms with van der Waals surface area (Å²) in [5.41, 5.74) is 3.37. The van der Waals surface area contributed by atoms with E-state index in [4.69, 9.17) is 0 Å². The molecule has 3 aromatic carbocycles. The van der Waals surface area contributed by atoms with Crippen molar-refractivity contribution in [3.8, 4) is 22.3 Å². The molecule has 4 nitrogen and oxygen atoms in total. The third kappa shape index (κ3) is 3.23. The lowest BCUT2D eigenvalue weighted by Crippen LogP contribution is -2.08. The summed E-state index contributed by atoms with van der Waals surface area (Å²) < 4.78 is 0. The Morgan fingerprint density at radius 1 is 0.643 bits per heavy atom. The first-order valence-corrected chi connectivity index (χ1v) is 8.56. The molecule has 2 N–H and O–H groups in total. The molecule has 0 bridgehead atoms. The van der Waals surface area contributed by atoms with Crippen LogP contribution >= 0.6 is 0 Å². The predicted octanol–water partition coefficient (Wildman–Crippen LogP) is 5.70. The molecule has 3 aromatic rings. The summed E-state index contributed by atoms with van der Waals surface area (Å²) in [6.07, 6.45) is 3.25. The van der Waals surface area contributed by atoms with Gasteiger partial charge in [0.15, 0.2) is 0 Å². The Bertz CT molecular complexity index is 1020. The van der Waals surface area contributed by atoms with Crippen molar-refractivity contribution in [2.45, 2.75) is 0 Å². The van der Waals surface area contributed by atoms with Crippen molar-refractivity contribution in [1.82, 2.24) is 0 Å². The topological polar surface area (TPSA) is 74.6 Å². The Hall–Kier alpha value is -3.92. The minimum Gasteiger partial charge on any atom is -0.478 e. The number of hydrogen-bond acceptors (Lipinski definition) is 2. The van der Waals surface area contributed by atoms with Gasteiger partial charge in [0, 0.05) is 11.1 Å². The van der Waals surface area contributed by atoms with Crippen molar-refractivity contribution in [3.05, 3.63) is 96.1 Å². The quantitative estimate of drug-likeness (QED) is 0.583. The molecular weight excluding hydrogens is 352 g/mol. The molecule has 0 aliphatic carbocycles. The van der Waals surface area contributed by atoms with Crippen molar-refractivity contribution >= 4 is 24.1 Å². The molecule has 0 heterocycles. The highest BCUT2D eigenvalue weighted by molar-refractivity contribution is 6.09. The van der Waals surface area contributed by atoms with E-state index in [0.29, 0.717) is 33.4 Å².